The second-order valence-corrected chi connectivity index (χ2v) is 2.17. The quantitative estimate of drug-likeness (QED) is 0.548. The van der Waals surface area contributed by atoms with Crippen LogP contribution in [0.15, 0.2) is 18.3 Å². The third-order valence-corrected chi connectivity index (χ3v) is 1.36. The van der Waals surface area contributed by atoms with Crippen molar-refractivity contribution in [1.82, 2.24) is 20.4 Å². The van der Waals surface area contributed by atoms with Gasteiger partial charge in [0.2, 0.25) is 0 Å². The summed E-state index contributed by atoms with van der Waals surface area (Å²) < 4.78 is 0. The lowest BCUT2D eigenvalue weighted by atomic mass is 10.3. The van der Waals surface area contributed by atoms with Crippen LogP contribution in [0.2, 0.25) is 0 Å². The van der Waals surface area contributed by atoms with Crippen LogP contribution in [0.5, 0.6) is 0 Å². The number of aromatic amines is 2. The Labute approximate surface area is 62.6 Å². The van der Waals surface area contributed by atoms with Crippen molar-refractivity contribution in [1.29, 1.82) is 0 Å². The molecule has 0 fully saturated rings. The first kappa shape index (κ1) is 5.96. The van der Waals surface area contributed by atoms with Gasteiger partial charge in [-0.2, -0.15) is 10.2 Å². The summed E-state index contributed by atoms with van der Waals surface area (Å²) >= 11 is 0. The van der Waals surface area contributed by atoms with Crippen molar-refractivity contribution in [2.75, 3.05) is 5.73 Å². The Balaban J connectivity index is 2.45. The number of hydrogen-bond acceptors (Lipinski definition) is 3. The maximum Gasteiger partial charge on any atom is 0.119 e. The first-order valence-corrected chi connectivity index (χ1v) is 3.17. The summed E-state index contributed by atoms with van der Waals surface area (Å²) in [4.78, 5) is 0. The number of H-pyrrole nitrogens is 2. The topological polar surface area (TPSA) is 83.4 Å². The normalized spacial score (nSPS) is 10.2. The molecule has 0 atom stereocenters. The van der Waals surface area contributed by atoms with Crippen LogP contribution in [0.3, 0.4) is 0 Å². The molecule has 2 rings (SSSR count). The SMILES string of the molecule is Nc1cc(-c2cc[nH]n2)n[nH]1. The molecule has 0 bridgehead atoms. The van der Waals surface area contributed by atoms with Gasteiger partial charge >= 0.3 is 0 Å². The lowest BCUT2D eigenvalue weighted by molar-refractivity contribution is 1.06. The molecule has 0 spiro atoms. The number of hydrogen-bond donors (Lipinski definition) is 3. The highest BCUT2D eigenvalue weighted by molar-refractivity contribution is 5.56. The van der Waals surface area contributed by atoms with Gasteiger partial charge in [-0.25, -0.2) is 0 Å². The Hall–Kier alpha value is -1.78. The number of nitrogens with two attached hydrogens (primary N) is 1. The molecule has 2 heterocycles. The monoisotopic (exact) mass is 149 g/mol. The largest absolute Gasteiger partial charge is 0.384 e. The second-order valence-electron chi connectivity index (χ2n) is 2.17. The van der Waals surface area contributed by atoms with E-state index in [1.165, 1.54) is 0 Å². The highest BCUT2D eigenvalue weighted by atomic mass is 15.2. The van der Waals surface area contributed by atoms with Gasteiger partial charge in [-0.15, -0.1) is 0 Å². The lowest BCUT2D eigenvalue weighted by Gasteiger charge is -1.82. The Morgan fingerprint density at radius 1 is 1.27 bits per heavy atom. The van der Waals surface area contributed by atoms with Crippen molar-refractivity contribution in [3.05, 3.63) is 18.3 Å². The van der Waals surface area contributed by atoms with E-state index in [0.717, 1.165) is 11.4 Å². The Morgan fingerprint density at radius 2 is 2.18 bits per heavy atom. The minimum Gasteiger partial charge on any atom is -0.384 e. The number of nitrogens with zero attached hydrogens (tertiary/aromatic N) is 2. The van der Waals surface area contributed by atoms with Crippen LogP contribution >= 0.6 is 0 Å². The average Bonchev–Trinajstić information content (AvgIpc) is 2.55. The van der Waals surface area contributed by atoms with Gasteiger partial charge < -0.3 is 5.73 Å². The zero-order chi connectivity index (χ0) is 7.68. The van der Waals surface area contributed by atoms with Gasteiger partial charge in [0.1, 0.15) is 17.2 Å². The molecular weight excluding hydrogens is 142 g/mol. The van der Waals surface area contributed by atoms with E-state index in [9.17, 15) is 0 Å². The van der Waals surface area contributed by atoms with Gasteiger partial charge in [0.15, 0.2) is 0 Å². The Morgan fingerprint density at radius 3 is 2.73 bits per heavy atom. The summed E-state index contributed by atoms with van der Waals surface area (Å²) in [6, 6.07) is 3.56. The van der Waals surface area contributed by atoms with Gasteiger partial charge in [-0.3, -0.25) is 10.2 Å². The number of aromatic nitrogens is 4. The van der Waals surface area contributed by atoms with Gasteiger partial charge in [-0.1, -0.05) is 0 Å². The molecule has 0 saturated heterocycles. The van der Waals surface area contributed by atoms with Gasteiger partial charge in [0.25, 0.3) is 0 Å². The molecule has 0 aliphatic carbocycles. The molecule has 0 aliphatic heterocycles. The van der Waals surface area contributed by atoms with E-state index in [2.05, 4.69) is 20.4 Å². The minimum atomic E-state index is 0.544. The molecule has 4 N–H and O–H groups in total. The van der Waals surface area contributed by atoms with Crippen LogP contribution in [-0.4, -0.2) is 20.4 Å². The maximum atomic E-state index is 5.43. The van der Waals surface area contributed by atoms with E-state index in [0.29, 0.717) is 5.82 Å². The fourth-order valence-electron chi connectivity index (χ4n) is 0.871. The van der Waals surface area contributed by atoms with Crippen molar-refractivity contribution in [3.8, 4) is 11.4 Å². The maximum absolute atomic E-state index is 5.43. The summed E-state index contributed by atoms with van der Waals surface area (Å²) in [5.74, 6) is 0.544. The molecule has 0 saturated carbocycles. The van der Waals surface area contributed by atoms with Gasteiger partial charge in [0, 0.05) is 12.3 Å². The molecule has 0 radical (unpaired) electrons. The molecular formula is C6H7N5. The summed E-state index contributed by atoms with van der Waals surface area (Å²) in [6.07, 6.45) is 1.74. The summed E-state index contributed by atoms with van der Waals surface area (Å²) in [7, 11) is 0. The third kappa shape index (κ3) is 0.958. The standard InChI is InChI=1S/C6H7N5/c7-6-3-5(10-11-6)4-1-2-8-9-4/h1-3H,(H,8,9)(H3,7,10,11). The van der Waals surface area contributed by atoms with Gasteiger partial charge in [0.05, 0.1) is 0 Å². The van der Waals surface area contributed by atoms with Crippen molar-refractivity contribution >= 4 is 5.82 Å². The highest BCUT2D eigenvalue weighted by Crippen LogP contribution is 2.13. The number of anilines is 1. The molecule has 0 unspecified atom stereocenters. The molecule has 2 aromatic heterocycles. The minimum absolute atomic E-state index is 0.544. The van der Waals surface area contributed by atoms with E-state index in [-0.39, 0.29) is 0 Å². The number of nitrogens with one attached hydrogen (secondary N) is 2. The smallest absolute Gasteiger partial charge is 0.119 e. The summed E-state index contributed by atoms with van der Waals surface area (Å²) in [6.45, 7) is 0. The van der Waals surface area contributed by atoms with E-state index in [1.54, 1.807) is 12.3 Å². The number of rotatable bonds is 1. The molecule has 56 valence electrons. The molecule has 11 heavy (non-hydrogen) atoms. The summed E-state index contributed by atoms with van der Waals surface area (Å²) in [5, 5.41) is 13.2. The fourth-order valence-corrected chi connectivity index (χ4v) is 0.871. The van der Waals surface area contributed by atoms with Crippen molar-refractivity contribution in [2.45, 2.75) is 0 Å². The van der Waals surface area contributed by atoms with Crippen LogP contribution in [0.1, 0.15) is 0 Å². The van der Waals surface area contributed by atoms with Crippen molar-refractivity contribution in [2.24, 2.45) is 0 Å². The van der Waals surface area contributed by atoms with Crippen LogP contribution in [0.4, 0.5) is 5.82 Å². The molecule has 0 amide bonds. The predicted molar refractivity (Wildman–Crippen MR) is 40.6 cm³/mol. The molecule has 0 aromatic carbocycles. The van der Waals surface area contributed by atoms with Crippen LogP contribution < -0.4 is 5.73 Å². The van der Waals surface area contributed by atoms with Crippen LogP contribution in [-0.2, 0) is 0 Å². The van der Waals surface area contributed by atoms with E-state index in [1.807, 2.05) is 6.07 Å². The van der Waals surface area contributed by atoms with Crippen molar-refractivity contribution in [3.63, 3.8) is 0 Å². The Kier molecular flexibility index (Phi) is 1.15. The first-order valence-electron chi connectivity index (χ1n) is 3.17. The predicted octanol–water partition coefficient (Wildman–Crippen LogP) is 0.382. The number of nitrogen functional groups attached to an aromatic ring is 1. The third-order valence-electron chi connectivity index (χ3n) is 1.36. The van der Waals surface area contributed by atoms with Gasteiger partial charge in [-0.05, 0) is 6.07 Å². The van der Waals surface area contributed by atoms with E-state index < -0.39 is 0 Å². The van der Waals surface area contributed by atoms with E-state index in [4.69, 9.17) is 5.73 Å². The second kappa shape index (κ2) is 2.12. The fraction of sp³-hybridized carbons (Fsp3) is 0. The molecule has 5 heteroatoms. The van der Waals surface area contributed by atoms with E-state index >= 15 is 0 Å². The highest BCUT2D eigenvalue weighted by Gasteiger charge is 2.02. The first-order chi connectivity index (χ1) is 5.36. The van der Waals surface area contributed by atoms with Crippen LogP contribution in [0, 0.1) is 0 Å². The average molecular weight is 149 g/mol. The summed E-state index contributed by atoms with van der Waals surface area (Å²) in [5.41, 5.74) is 6.97. The zero-order valence-corrected chi connectivity index (χ0v) is 5.70. The molecule has 2 aromatic rings. The molecule has 0 aliphatic rings. The lowest BCUT2D eigenvalue weighted by Crippen LogP contribution is -1.81. The van der Waals surface area contributed by atoms with Crippen molar-refractivity contribution < 1.29 is 0 Å². The molecule has 5 nitrogen and oxygen atoms in total. The Bertz CT molecular complexity index is 333. The van der Waals surface area contributed by atoms with Crippen LogP contribution in [0.25, 0.3) is 11.4 Å². The zero-order valence-electron chi connectivity index (χ0n) is 5.70.